The topological polar surface area (TPSA) is 65.4 Å². The molecule has 1 aliphatic rings. The summed E-state index contributed by atoms with van der Waals surface area (Å²) in [6.07, 6.45) is 10.1. The van der Waals surface area contributed by atoms with Gasteiger partial charge < -0.3 is 15.5 Å². The fourth-order valence-electron chi connectivity index (χ4n) is 2.38. The van der Waals surface area contributed by atoms with Crippen molar-refractivity contribution in [3.63, 3.8) is 0 Å². The Hall–Kier alpha value is -0.970. The number of nitrogens with one attached hydrogen (secondary N) is 1. The summed E-state index contributed by atoms with van der Waals surface area (Å²) < 4.78 is 0. The van der Waals surface area contributed by atoms with Crippen molar-refractivity contribution >= 4 is 0 Å². The molecule has 114 valence electrons. The van der Waals surface area contributed by atoms with Gasteiger partial charge in [0.15, 0.2) is 0 Å². The Labute approximate surface area is 122 Å². The Kier molecular flexibility index (Phi) is 10.1. The Morgan fingerprint density at radius 1 is 1.05 bits per heavy atom. The molecule has 0 unspecified atom stereocenters. The van der Waals surface area contributed by atoms with Crippen LogP contribution in [0.25, 0.3) is 0 Å². The molecule has 1 aliphatic heterocycles. The molecule has 20 heavy (non-hydrogen) atoms. The molecule has 0 aliphatic carbocycles. The predicted molar refractivity (Wildman–Crippen MR) is 81.6 cm³/mol. The van der Waals surface area contributed by atoms with Crippen molar-refractivity contribution in [2.75, 3.05) is 26.3 Å². The summed E-state index contributed by atoms with van der Waals surface area (Å²) in [5.74, 6) is 0.883. The van der Waals surface area contributed by atoms with Crippen molar-refractivity contribution in [3.05, 3.63) is 30.1 Å². The molecule has 0 atom stereocenters. The first-order valence-electron chi connectivity index (χ1n) is 7.68. The molecule has 0 spiro atoms. The third kappa shape index (κ3) is 8.25. The van der Waals surface area contributed by atoms with Crippen LogP contribution in [0.4, 0.5) is 0 Å². The van der Waals surface area contributed by atoms with Crippen molar-refractivity contribution in [2.45, 2.75) is 38.5 Å². The van der Waals surface area contributed by atoms with Crippen molar-refractivity contribution in [1.29, 1.82) is 0 Å². The van der Waals surface area contributed by atoms with Crippen molar-refractivity contribution in [2.24, 2.45) is 5.92 Å². The van der Waals surface area contributed by atoms with Gasteiger partial charge in [-0.15, -0.1) is 0 Å². The minimum Gasteiger partial charge on any atom is -0.396 e. The average molecular weight is 280 g/mol. The number of rotatable bonds is 6. The van der Waals surface area contributed by atoms with Crippen LogP contribution >= 0.6 is 0 Å². The van der Waals surface area contributed by atoms with Crippen LogP contribution in [-0.2, 0) is 6.42 Å². The Balaban J connectivity index is 0.000000200. The lowest BCUT2D eigenvalue weighted by Gasteiger charge is -2.21. The first kappa shape index (κ1) is 17.1. The molecule has 2 heterocycles. The van der Waals surface area contributed by atoms with Gasteiger partial charge in [0.2, 0.25) is 0 Å². The van der Waals surface area contributed by atoms with Gasteiger partial charge in [-0.05, 0) is 75.2 Å². The largest absolute Gasteiger partial charge is 0.396 e. The molecule has 0 bridgehead atoms. The molecule has 3 N–H and O–H groups in total. The van der Waals surface area contributed by atoms with Crippen LogP contribution in [0.1, 0.15) is 37.7 Å². The number of aromatic nitrogens is 1. The summed E-state index contributed by atoms with van der Waals surface area (Å²) in [6.45, 7) is 2.98. The quantitative estimate of drug-likeness (QED) is 0.743. The number of hydrogen-bond acceptors (Lipinski definition) is 4. The fourth-order valence-corrected chi connectivity index (χ4v) is 2.38. The third-order valence-electron chi connectivity index (χ3n) is 3.60. The van der Waals surface area contributed by atoms with E-state index in [4.69, 9.17) is 10.2 Å². The molecule has 1 aromatic rings. The van der Waals surface area contributed by atoms with E-state index in [1.807, 2.05) is 12.1 Å². The Morgan fingerprint density at radius 2 is 1.70 bits per heavy atom. The van der Waals surface area contributed by atoms with E-state index < -0.39 is 0 Å². The highest BCUT2D eigenvalue weighted by molar-refractivity contribution is 5.09. The number of piperidine rings is 1. The summed E-state index contributed by atoms with van der Waals surface area (Å²) in [4.78, 5) is 3.89. The van der Waals surface area contributed by atoms with Crippen molar-refractivity contribution < 1.29 is 10.2 Å². The van der Waals surface area contributed by atoms with Crippen molar-refractivity contribution in [1.82, 2.24) is 10.3 Å². The van der Waals surface area contributed by atoms with E-state index >= 15 is 0 Å². The summed E-state index contributed by atoms with van der Waals surface area (Å²) >= 11 is 0. The summed E-state index contributed by atoms with van der Waals surface area (Å²) in [6, 6.07) is 3.94. The molecule has 0 saturated carbocycles. The van der Waals surface area contributed by atoms with Crippen LogP contribution in [0.3, 0.4) is 0 Å². The van der Waals surface area contributed by atoms with Crippen LogP contribution in [0.2, 0.25) is 0 Å². The van der Waals surface area contributed by atoms with E-state index in [0.717, 1.165) is 25.2 Å². The van der Waals surface area contributed by atoms with E-state index in [1.165, 1.54) is 37.9 Å². The Morgan fingerprint density at radius 3 is 2.30 bits per heavy atom. The summed E-state index contributed by atoms with van der Waals surface area (Å²) in [5.41, 5.74) is 1.24. The van der Waals surface area contributed by atoms with E-state index in [2.05, 4.69) is 10.3 Å². The second-order valence-corrected chi connectivity index (χ2v) is 5.24. The maximum absolute atomic E-state index is 8.58. The SMILES string of the molecule is OCCCC1CCNCC1.OCCCc1ccncc1. The van der Waals surface area contributed by atoms with E-state index in [9.17, 15) is 0 Å². The number of aryl methyl sites for hydroxylation is 1. The van der Waals surface area contributed by atoms with Gasteiger partial charge in [-0.3, -0.25) is 4.98 Å². The number of hydrogen-bond donors (Lipinski definition) is 3. The van der Waals surface area contributed by atoms with E-state index in [0.29, 0.717) is 6.61 Å². The first-order chi connectivity index (χ1) is 9.86. The minimum absolute atomic E-state index is 0.266. The van der Waals surface area contributed by atoms with Crippen LogP contribution < -0.4 is 5.32 Å². The number of nitrogens with zero attached hydrogens (tertiary/aromatic N) is 1. The van der Waals surface area contributed by atoms with Crippen LogP contribution in [0.5, 0.6) is 0 Å². The summed E-state index contributed by atoms with van der Waals surface area (Å²) in [5, 5.41) is 20.4. The molecule has 4 nitrogen and oxygen atoms in total. The van der Waals surface area contributed by atoms with Gasteiger partial charge in [0.05, 0.1) is 0 Å². The number of aliphatic hydroxyl groups is 2. The highest BCUT2D eigenvalue weighted by Crippen LogP contribution is 2.16. The molecule has 0 aromatic carbocycles. The van der Waals surface area contributed by atoms with E-state index in [-0.39, 0.29) is 6.61 Å². The van der Waals surface area contributed by atoms with Crippen LogP contribution in [0, 0.1) is 5.92 Å². The second-order valence-electron chi connectivity index (χ2n) is 5.24. The van der Waals surface area contributed by atoms with Crippen LogP contribution in [-0.4, -0.2) is 41.5 Å². The molecule has 4 heteroatoms. The maximum Gasteiger partial charge on any atom is 0.0434 e. The Bertz CT molecular complexity index is 314. The van der Waals surface area contributed by atoms with Gasteiger partial charge in [0.1, 0.15) is 0 Å². The molecule has 1 saturated heterocycles. The standard InChI is InChI=1S/C8H17NO.C8H11NO/c2*10-7-1-2-8-3-5-9-6-4-8/h8-10H,1-7H2;3-6,10H,1-2,7H2. The van der Waals surface area contributed by atoms with Crippen LogP contribution in [0.15, 0.2) is 24.5 Å². The zero-order valence-electron chi connectivity index (χ0n) is 12.3. The molecule has 1 fully saturated rings. The highest BCUT2D eigenvalue weighted by Gasteiger charge is 2.11. The number of aliphatic hydroxyl groups excluding tert-OH is 2. The zero-order chi connectivity index (χ0) is 14.5. The molecular weight excluding hydrogens is 252 g/mol. The average Bonchev–Trinajstić information content (AvgIpc) is 2.53. The first-order valence-corrected chi connectivity index (χ1v) is 7.68. The number of pyridine rings is 1. The maximum atomic E-state index is 8.58. The summed E-state index contributed by atoms with van der Waals surface area (Å²) in [7, 11) is 0. The molecular formula is C16H28N2O2. The molecule has 2 rings (SSSR count). The van der Waals surface area contributed by atoms with Gasteiger partial charge in [-0.2, -0.15) is 0 Å². The highest BCUT2D eigenvalue weighted by atomic mass is 16.3. The minimum atomic E-state index is 0.266. The second kappa shape index (κ2) is 11.8. The van der Waals surface area contributed by atoms with Gasteiger partial charge in [-0.25, -0.2) is 0 Å². The monoisotopic (exact) mass is 280 g/mol. The lowest BCUT2D eigenvalue weighted by Crippen LogP contribution is -2.27. The van der Waals surface area contributed by atoms with Gasteiger partial charge in [0, 0.05) is 25.6 Å². The molecule has 1 aromatic heterocycles. The fraction of sp³-hybridized carbons (Fsp3) is 0.688. The van der Waals surface area contributed by atoms with E-state index in [1.54, 1.807) is 12.4 Å². The van der Waals surface area contributed by atoms with Gasteiger partial charge in [0.25, 0.3) is 0 Å². The molecule has 0 amide bonds. The van der Waals surface area contributed by atoms with Gasteiger partial charge >= 0.3 is 0 Å². The normalized spacial score (nSPS) is 15.5. The zero-order valence-corrected chi connectivity index (χ0v) is 12.3. The smallest absolute Gasteiger partial charge is 0.0434 e. The van der Waals surface area contributed by atoms with Gasteiger partial charge in [-0.1, -0.05) is 0 Å². The van der Waals surface area contributed by atoms with Crippen molar-refractivity contribution in [3.8, 4) is 0 Å². The third-order valence-corrected chi connectivity index (χ3v) is 3.60. The molecule has 0 radical (unpaired) electrons. The lowest BCUT2D eigenvalue weighted by atomic mass is 9.93. The predicted octanol–water partition coefficient (Wildman–Crippen LogP) is 1.76. The lowest BCUT2D eigenvalue weighted by molar-refractivity contribution is 0.257.